The zero-order chi connectivity index (χ0) is 60.7. The molecule has 0 aliphatic carbocycles. The highest BCUT2D eigenvalue weighted by Crippen LogP contribution is 2.32. The van der Waals surface area contributed by atoms with Crippen LogP contribution in [0, 0.1) is 13.8 Å². The molecule has 0 spiro atoms. The van der Waals surface area contributed by atoms with Crippen LogP contribution in [0.4, 0.5) is 0 Å². The first-order valence-electron chi connectivity index (χ1n) is 26.2. The number of aliphatic hydroxyl groups is 9. The van der Waals surface area contributed by atoms with Gasteiger partial charge < -0.3 is 78.5 Å². The number of para-hydroxylation sites is 1. The number of aliphatic hydroxyl groups excluding tert-OH is 9. The van der Waals surface area contributed by atoms with E-state index < -0.39 is 127 Å². The lowest BCUT2D eigenvalue weighted by atomic mass is 10.1. The number of ether oxygens (including phenoxy) is 4. The van der Waals surface area contributed by atoms with Gasteiger partial charge >= 0.3 is 17.1 Å². The molecule has 31 heteroatoms. The summed E-state index contributed by atoms with van der Waals surface area (Å²) in [5.41, 5.74) is 0.576. The monoisotopic (exact) mass is 1180 g/mol. The van der Waals surface area contributed by atoms with E-state index in [-0.39, 0.29) is 19.6 Å². The third-order valence-electron chi connectivity index (χ3n) is 14.8. The first-order valence-corrected chi connectivity index (χ1v) is 26.2. The SMILES string of the molecule is COc1cccc2onc(Cn3c(=O)ccn([C@@H]4O[C@H](CO)[C@H](O)C4O)c3=O)c12.Cc1ccc2c(Cn3c(=O)ccn([C@@H]4O[C@H](CO)[C@H](O)C4O)c3=O)noc2c1.Cc1cccc2c(Cn3c(=O)ccn([C@@H]4O[C@H](CO)[C@H](O)C4O)c3=O)noc12. The summed E-state index contributed by atoms with van der Waals surface area (Å²) in [6.45, 7) is 1.71. The second-order valence-electron chi connectivity index (χ2n) is 20.1. The van der Waals surface area contributed by atoms with Crippen molar-refractivity contribution in [3.63, 3.8) is 0 Å². The molecule has 85 heavy (non-hydrogen) atoms. The van der Waals surface area contributed by atoms with Crippen molar-refractivity contribution >= 4 is 32.9 Å². The molecule has 12 atom stereocenters. The number of benzene rings is 3. The summed E-state index contributed by atoms with van der Waals surface area (Å²) >= 11 is 0. The highest BCUT2D eigenvalue weighted by Gasteiger charge is 2.46. The quantitative estimate of drug-likeness (QED) is 0.0557. The van der Waals surface area contributed by atoms with Crippen LogP contribution in [0.15, 0.2) is 134 Å². The van der Waals surface area contributed by atoms with E-state index >= 15 is 0 Å². The zero-order valence-corrected chi connectivity index (χ0v) is 45.2. The fourth-order valence-electron chi connectivity index (χ4n) is 10.2. The van der Waals surface area contributed by atoms with Gasteiger partial charge in [0.15, 0.2) is 35.4 Å². The summed E-state index contributed by atoms with van der Waals surface area (Å²) in [5, 5.41) is 102. The van der Waals surface area contributed by atoms with Crippen LogP contribution >= 0.6 is 0 Å². The summed E-state index contributed by atoms with van der Waals surface area (Å²) < 4.78 is 43.1. The molecule has 3 aliphatic heterocycles. The van der Waals surface area contributed by atoms with E-state index in [0.717, 1.165) is 56.7 Å². The van der Waals surface area contributed by atoms with Gasteiger partial charge in [-0.05, 0) is 55.3 Å². The van der Waals surface area contributed by atoms with Crippen LogP contribution in [-0.2, 0) is 33.8 Å². The van der Waals surface area contributed by atoms with Crippen molar-refractivity contribution in [1.29, 1.82) is 0 Å². The van der Waals surface area contributed by atoms with Gasteiger partial charge in [-0.15, -0.1) is 0 Å². The number of aryl methyl sites for hydroxylation is 2. The van der Waals surface area contributed by atoms with E-state index in [9.17, 15) is 74.7 Å². The Morgan fingerprint density at radius 1 is 0.482 bits per heavy atom. The van der Waals surface area contributed by atoms with Crippen LogP contribution in [0.1, 0.15) is 46.9 Å². The lowest BCUT2D eigenvalue weighted by molar-refractivity contribution is -0.0555. The van der Waals surface area contributed by atoms with Crippen LogP contribution < -0.4 is 38.5 Å². The predicted octanol–water partition coefficient (Wildman–Crippen LogP) is -2.94. The molecule has 31 nitrogen and oxygen atoms in total. The molecule has 9 N–H and O–H groups in total. The van der Waals surface area contributed by atoms with Gasteiger partial charge in [0.1, 0.15) is 77.8 Å². The molecule has 0 saturated carbocycles. The highest BCUT2D eigenvalue weighted by molar-refractivity contribution is 5.86. The number of nitrogens with zero attached hydrogens (tertiary/aromatic N) is 9. The Morgan fingerprint density at radius 3 is 1.36 bits per heavy atom. The highest BCUT2D eigenvalue weighted by atomic mass is 16.6. The van der Waals surface area contributed by atoms with Gasteiger partial charge in [-0.2, -0.15) is 0 Å². The molecule has 0 bridgehead atoms. The van der Waals surface area contributed by atoms with Crippen molar-refractivity contribution in [3.05, 3.63) is 182 Å². The first-order chi connectivity index (χ1) is 40.8. The van der Waals surface area contributed by atoms with Crippen LogP contribution in [0.3, 0.4) is 0 Å². The smallest absolute Gasteiger partial charge is 0.333 e. The van der Waals surface area contributed by atoms with Crippen LogP contribution in [0.2, 0.25) is 0 Å². The van der Waals surface area contributed by atoms with Gasteiger partial charge in [-0.3, -0.25) is 41.8 Å². The second kappa shape index (κ2) is 24.6. The molecule has 9 aromatic rings. The van der Waals surface area contributed by atoms with Crippen molar-refractivity contribution in [2.24, 2.45) is 0 Å². The van der Waals surface area contributed by atoms with Gasteiger partial charge in [0.2, 0.25) is 0 Å². The van der Waals surface area contributed by atoms with Gasteiger partial charge in [0, 0.05) is 47.6 Å². The molecular formula is C54H57N9O22. The number of aromatic nitrogens is 9. The Labute approximate surface area is 474 Å². The third-order valence-corrected chi connectivity index (χ3v) is 14.8. The maximum atomic E-state index is 12.9. The minimum atomic E-state index is -1.45. The molecule has 12 rings (SSSR count). The maximum absolute atomic E-state index is 12.9. The fourth-order valence-corrected chi connectivity index (χ4v) is 10.2. The Kier molecular flexibility index (Phi) is 17.2. The average molecular weight is 1180 g/mol. The molecule has 9 heterocycles. The predicted molar refractivity (Wildman–Crippen MR) is 289 cm³/mol. The minimum Gasteiger partial charge on any atom is -0.496 e. The van der Waals surface area contributed by atoms with Crippen LogP contribution in [0.5, 0.6) is 5.75 Å². The van der Waals surface area contributed by atoms with Crippen molar-refractivity contribution in [1.82, 2.24) is 42.9 Å². The number of hydrogen-bond acceptors (Lipinski definition) is 25. The first kappa shape index (κ1) is 59.6. The molecule has 3 saturated heterocycles. The van der Waals surface area contributed by atoms with Crippen LogP contribution in [0.25, 0.3) is 32.9 Å². The summed E-state index contributed by atoms with van der Waals surface area (Å²) in [6, 6.07) is 19.5. The van der Waals surface area contributed by atoms with Gasteiger partial charge in [-0.1, -0.05) is 39.7 Å². The van der Waals surface area contributed by atoms with Crippen LogP contribution in [-0.4, -0.2) is 171 Å². The maximum Gasteiger partial charge on any atom is 0.333 e. The normalized spacial score (nSPS) is 24.7. The van der Waals surface area contributed by atoms with E-state index in [0.29, 0.717) is 55.7 Å². The average Bonchev–Trinajstić information content (AvgIpc) is 4.57. The third kappa shape index (κ3) is 11.2. The number of rotatable bonds is 13. The van der Waals surface area contributed by atoms with E-state index in [1.165, 1.54) is 25.7 Å². The lowest BCUT2D eigenvalue weighted by Gasteiger charge is -2.18. The Hall–Kier alpha value is -8.57. The van der Waals surface area contributed by atoms with Gasteiger partial charge in [0.25, 0.3) is 16.7 Å². The Morgan fingerprint density at radius 2 is 0.906 bits per heavy atom. The molecule has 3 unspecified atom stereocenters. The Bertz CT molecular complexity index is 4270. The molecular weight excluding hydrogens is 1130 g/mol. The largest absolute Gasteiger partial charge is 0.496 e. The topological polar surface area (TPSA) is 429 Å². The van der Waals surface area contributed by atoms with E-state index in [1.54, 1.807) is 36.4 Å². The van der Waals surface area contributed by atoms with Crippen molar-refractivity contribution in [3.8, 4) is 5.75 Å². The number of fused-ring (bicyclic) bond motifs is 3. The molecule has 450 valence electrons. The standard InChI is InChI=1S/C18H19N3O8.2C18H19N3O7/c1-27-10-3-2-4-11-14(10)9(19-29-11)7-21-13(23)5-6-20(18(21)26)17-16(25)15(24)12(8-22)28-17;1-9-2-3-10-11(19-28-12(10)6-9)7-21-14(23)4-5-20(18(21)26)17-16(25)15(24)13(8-22)27-17;1-9-3-2-4-10-11(19-28-16(9)10)7-21-13(23)5-6-20(18(21)26)17-15(25)14(24)12(8-22)27-17/h2-6,12,15-17,22,24-25H,7-8H2,1H3;2-6,13,15-17,22,24-25H,7-8H2,1H3;2-6,12,14-15,17,22,24-25H,7-8H2,1H3/t12-,15+,16?,17-;13-,15+,16?,17-;12-,14+,15?,17-/m111/s1. The van der Waals surface area contributed by atoms with E-state index in [1.807, 2.05) is 32.0 Å². The van der Waals surface area contributed by atoms with Gasteiger partial charge in [-0.25, -0.2) is 14.4 Å². The van der Waals surface area contributed by atoms with Crippen molar-refractivity contribution in [2.75, 3.05) is 26.9 Å². The zero-order valence-electron chi connectivity index (χ0n) is 45.2. The van der Waals surface area contributed by atoms with Gasteiger partial charge in [0.05, 0.1) is 52.0 Å². The Balaban J connectivity index is 0.000000142. The second-order valence-corrected chi connectivity index (χ2v) is 20.1. The number of hydrogen-bond donors (Lipinski definition) is 9. The fraction of sp³-hybridized carbons (Fsp3) is 0.389. The molecule has 3 fully saturated rings. The molecule has 6 aromatic heterocycles. The molecule has 0 amide bonds. The summed E-state index contributed by atoms with van der Waals surface area (Å²) in [6.07, 6.45) is -11.7. The lowest BCUT2D eigenvalue weighted by Crippen LogP contribution is -2.43. The summed E-state index contributed by atoms with van der Waals surface area (Å²) in [4.78, 5) is 75.6. The molecule has 3 aromatic carbocycles. The summed E-state index contributed by atoms with van der Waals surface area (Å²) in [5.74, 6) is 0.478. The summed E-state index contributed by atoms with van der Waals surface area (Å²) in [7, 11) is 1.48. The minimum absolute atomic E-state index is 0.135. The van der Waals surface area contributed by atoms with E-state index in [2.05, 4.69) is 15.5 Å². The van der Waals surface area contributed by atoms with Crippen molar-refractivity contribution in [2.45, 2.75) is 107 Å². The molecule has 0 radical (unpaired) electrons. The number of methoxy groups -OCH3 is 1. The van der Waals surface area contributed by atoms with Crippen molar-refractivity contribution < 1.29 is 78.5 Å². The van der Waals surface area contributed by atoms with E-state index in [4.69, 9.17) is 32.5 Å². The molecule has 3 aliphatic rings.